The Morgan fingerprint density at radius 2 is 2.12 bits per heavy atom. The van der Waals surface area contributed by atoms with E-state index in [1.165, 1.54) is 11.5 Å². The van der Waals surface area contributed by atoms with E-state index < -0.39 is 0 Å². The first-order valence-electron chi connectivity index (χ1n) is 7.96. The number of carbonyl (C=O) groups excluding carboxylic acids is 2. The number of rotatable bonds is 3. The first-order chi connectivity index (χ1) is 11.7. The van der Waals surface area contributed by atoms with Crippen LogP contribution in [0.15, 0.2) is 29.9 Å². The van der Waals surface area contributed by atoms with E-state index in [9.17, 15) is 9.59 Å². The van der Waals surface area contributed by atoms with Gasteiger partial charge in [-0.2, -0.15) is 0 Å². The van der Waals surface area contributed by atoms with E-state index in [4.69, 9.17) is 0 Å². The van der Waals surface area contributed by atoms with Crippen LogP contribution in [0.4, 0.5) is 0 Å². The zero-order valence-corrected chi connectivity index (χ0v) is 13.9. The van der Waals surface area contributed by atoms with Gasteiger partial charge in [-0.15, -0.1) is 5.10 Å². The molecule has 2 fully saturated rings. The first kappa shape index (κ1) is 15.2. The van der Waals surface area contributed by atoms with Crippen molar-refractivity contribution >= 4 is 23.3 Å². The van der Waals surface area contributed by atoms with E-state index in [1.807, 2.05) is 17.0 Å². The predicted molar refractivity (Wildman–Crippen MR) is 87.1 cm³/mol. The molecule has 7 nitrogen and oxygen atoms in total. The van der Waals surface area contributed by atoms with Crippen LogP contribution in [0.2, 0.25) is 0 Å². The molecule has 2 aromatic heterocycles. The van der Waals surface area contributed by atoms with Gasteiger partial charge in [-0.1, -0.05) is 4.49 Å². The van der Waals surface area contributed by atoms with Crippen LogP contribution in [0.5, 0.6) is 0 Å². The summed E-state index contributed by atoms with van der Waals surface area (Å²) in [6, 6.07) is 3.86. The molecule has 0 N–H and O–H groups in total. The molecule has 2 amide bonds. The van der Waals surface area contributed by atoms with Gasteiger partial charge in [0.1, 0.15) is 0 Å². The molecule has 2 atom stereocenters. The van der Waals surface area contributed by atoms with Crippen LogP contribution in [0.3, 0.4) is 0 Å². The normalized spacial score (nSPS) is 23.4. The minimum absolute atomic E-state index is 0.101. The average molecular weight is 343 g/mol. The van der Waals surface area contributed by atoms with Gasteiger partial charge >= 0.3 is 0 Å². The van der Waals surface area contributed by atoms with Gasteiger partial charge < -0.3 is 9.80 Å². The van der Waals surface area contributed by atoms with Crippen LogP contribution in [0.25, 0.3) is 0 Å². The Bertz CT molecular complexity index is 736. The van der Waals surface area contributed by atoms with Crippen molar-refractivity contribution in [1.82, 2.24) is 24.4 Å². The van der Waals surface area contributed by atoms with Gasteiger partial charge in [0.2, 0.25) is 5.91 Å². The predicted octanol–water partition coefficient (Wildman–Crippen LogP) is 1.05. The fourth-order valence-corrected chi connectivity index (χ4v) is 3.99. The first-order valence-corrected chi connectivity index (χ1v) is 8.80. The lowest BCUT2D eigenvalue weighted by molar-refractivity contribution is -0.140. The molecule has 0 saturated carbocycles. The fraction of sp³-hybridized carbons (Fsp3) is 0.438. The Kier molecular flexibility index (Phi) is 3.97. The van der Waals surface area contributed by atoms with E-state index in [-0.39, 0.29) is 23.7 Å². The number of amides is 2. The van der Waals surface area contributed by atoms with Gasteiger partial charge in [0.25, 0.3) is 5.91 Å². The molecule has 2 saturated heterocycles. The topological polar surface area (TPSA) is 79.3 Å². The summed E-state index contributed by atoms with van der Waals surface area (Å²) in [4.78, 5) is 32.9. The number of hydrogen-bond acceptors (Lipinski definition) is 6. The molecule has 4 rings (SSSR count). The molecule has 0 bridgehead atoms. The minimum atomic E-state index is -0.119. The van der Waals surface area contributed by atoms with Crippen LogP contribution < -0.4 is 0 Å². The van der Waals surface area contributed by atoms with E-state index in [0.717, 1.165) is 18.5 Å². The summed E-state index contributed by atoms with van der Waals surface area (Å²) in [5.74, 6) is 0.180. The van der Waals surface area contributed by atoms with Crippen molar-refractivity contribution in [3.63, 3.8) is 0 Å². The van der Waals surface area contributed by atoms with Gasteiger partial charge in [-0.05, 0) is 41.6 Å². The lowest BCUT2D eigenvalue weighted by atomic mass is 9.88. The van der Waals surface area contributed by atoms with Crippen molar-refractivity contribution in [1.29, 1.82) is 0 Å². The molecule has 0 aromatic carbocycles. The molecule has 0 radical (unpaired) electrons. The zero-order chi connectivity index (χ0) is 16.5. The summed E-state index contributed by atoms with van der Waals surface area (Å²) in [6.45, 7) is 2.46. The number of likely N-dealkylation sites (tertiary alicyclic amines) is 2. The monoisotopic (exact) mass is 343 g/mol. The summed E-state index contributed by atoms with van der Waals surface area (Å²) in [5, 5.41) is 5.50. The minimum Gasteiger partial charge on any atom is -0.338 e. The number of fused-ring (bicyclic) bond motifs is 1. The summed E-state index contributed by atoms with van der Waals surface area (Å²) in [5.41, 5.74) is 1.45. The second kappa shape index (κ2) is 6.27. The van der Waals surface area contributed by atoms with Crippen LogP contribution in [0, 0.1) is 11.8 Å². The largest absolute Gasteiger partial charge is 0.338 e. The van der Waals surface area contributed by atoms with E-state index in [0.29, 0.717) is 25.3 Å². The molecule has 124 valence electrons. The molecule has 2 unspecified atom stereocenters. The molecule has 24 heavy (non-hydrogen) atoms. The third-order valence-corrected chi connectivity index (χ3v) is 5.33. The van der Waals surface area contributed by atoms with Crippen LogP contribution in [-0.4, -0.2) is 55.8 Å². The van der Waals surface area contributed by atoms with Crippen molar-refractivity contribution in [3.05, 3.63) is 41.2 Å². The Hall–Kier alpha value is -2.35. The van der Waals surface area contributed by atoms with Crippen molar-refractivity contribution in [2.45, 2.75) is 13.0 Å². The molecule has 2 aliphatic heterocycles. The SMILES string of the molecule is O=C(c1csnn1)N1CC2CCN(Cc3ccncc3)C(=O)C2C1. The summed E-state index contributed by atoms with van der Waals surface area (Å²) in [7, 11) is 0. The Morgan fingerprint density at radius 1 is 1.29 bits per heavy atom. The summed E-state index contributed by atoms with van der Waals surface area (Å²) in [6.07, 6.45) is 4.41. The molecule has 2 aliphatic rings. The van der Waals surface area contributed by atoms with Gasteiger partial charge in [-0.3, -0.25) is 14.6 Å². The maximum absolute atomic E-state index is 12.8. The number of piperidine rings is 1. The molecule has 2 aromatic rings. The molecule has 0 spiro atoms. The van der Waals surface area contributed by atoms with Gasteiger partial charge in [0.05, 0.1) is 5.92 Å². The maximum Gasteiger partial charge on any atom is 0.275 e. The maximum atomic E-state index is 12.8. The highest BCUT2D eigenvalue weighted by Gasteiger charge is 2.44. The lowest BCUT2D eigenvalue weighted by Gasteiger charge is -2.33. The second-order valence-corrected chi connectivity index (χ2v) is 6.88. The number of hydrogen-bond donors (Lipinski definition) is 0. The van der Waals surface area contributed by atoms with Crippen molar-refractivity contribution in [2.75, 3.05) is 19.6 Å². The quantitative estimate of drug-likeness (QED) is 0.832. The molecular weight excluding hydrogens is 326 g/mol. The zero-order valence-electron chi connectivity index (χ0n) is 13.0. The third-order valence-electron chi connectivity index (χ3n) is 4.83. The molecular formula is C16H17N5O2S. The molecule has 0 aliphatic carbocycles. The smallest absolute Gasteiger partial charge is 0.275 e. The van der Waals surface area contributed by atoms with Crippen LogP contribution >= 0.6 is 11.5 Å². The van der Waals surface area contributed by atoms with Crippen LogP contribution in [-0.2, 0) is 11.3 Å². The van der Waals surface area contributed by atoms with Crippen LogP contribution in [0.1, 0.15) is 22.5 Å². The molecule has 4 heterocycles. The number of pyridine rings is 1. The highest BCUT2D eigenvalue weighted by Crippen LogP contribution is 2.33. The summed E-state index contributed by atoms with van der Waals surface area (Å²) >= 11 is 1.17. The number of carbonyl (C=O) groups is 2. The summed E-state index contributed by atoms with van der Waals surface area (Å²) < 4.78 is 3.74. The van der Waals surface area contributed by atoms with E-state index in [1.54, 1.807) is 22.7 Å². The number of nitrogens with zero attached hydrogens (tertiary/aromatic N) is 5. The fourth-order valence-electron chi connectivity index (χ4n) is 3.56. The lowest BCUT2D eigenvalue weighted by Crippen LogP contribution is -2.44. The van der Waals surface area contributed by atoms with Crippen molar-refractivity contribution in [2.24, 2.45) is 11.8 Å². The average Bonchev–Trinajstić information content (AvgIpc) is 3.27. The Labute approximate surface area is 143 Å². The van der Waals surface area contributed by atoms with Crippen molar-refractivity contribution in [3.8, 4) is 0 Å². The Balaban J connectivity index is 1.44. The van der Waals surface area contributed by atoms with E-state index in [2.05, 4.69) is 14.6 Å². The standard InChI is InChI=1S/C16H17N5O2S/c22-15-13-9-21(16(23)14-10-24-19-18-14)8-12(13)3-6-20(15)7-11-1-4-17-5-2-11/h1-2,4-5,10,12-13H,3,6-9H2. The number of aromatic nitrogens is 3. The molecule has 8 heteroatoms. The highest BCUT2D eigenvalue weighted by molar-refractivity contribution is 7.03. The van der Waals surface area contributed by atoms with E-state index >= 15 is 0 Å². The van der Waals surface area contributed by atoms with Gasteiger partial charge in [0.15, 0.2) is 5.69 Å². The third kappa shape index (κ3) is 2.77. The Morgan fingerprint density at radius 3 is 2.88 bits per heavy atom. The van der Waals surface area contributed by atoms with Gasteiger partial charge in [-0.25, -0.2) is 0 Å². The highest BCUT2D eigenvalue weighted by atomic mass is 32.1. The van der Waals surface area contributed by atoms with Crippen molar-refractivity contribution < 1.29 is 9.59 Å². The van der Waals surface area contributed by atoms with Gasteiger partial charge in [0, 0.05) is 44.0 Å². The second-order valence-electron chi connectivity index (χ2n) is 6.27.